The second-order valence-corrected chi connectivity index (χ2v) is 13.2. The SMILES string of the molecule is [C-]#[N+]C1(C(=O)N[C@H](C(=O)N2C[C@H](O)[C@H](F)[C@H]2C(=O)NCc2ccc(-c3scnc3C)cc2OC(C)(C)C)C(C)C)CC1. The molecule has 1 aromatic heterocycles. The lowest BCUT2D eigenvalue weighted by atomic mass is 10.0. The molecule has 0 bridgehead atoms. The second kappa shape index (κ2) is 12.0. The number of alkyl halides is 1. The molecule has 226 valence electrons. The predicted octanol–water partition coefficient (Wildman–Crippen LogP) is 3.41. The highest BCUT2D eigenvalue weighted by Crippen LogP contribution is 2.40. The van der Waals surface area contributed by atoms with Crippen LogP contribution < -0.4 is 15.4 Å². The van der Waals surface area contributed by atoms with Crippen molar-refractivity contribution in [1.29, 1.82) is 0 Å². The number of benzene rings is 1. The Hall–Kier alpha value is -3.56. The summed E-state index contributed by atoms with van der Waals surface area (Å²) in [5, 5.41) is 15.7. The van der Waals surface area contributed by atoms with Crippen LogP contribution in [0.25, 0.3) is 15.3 Å². The van der Waals surface area contributed by atoms with Crippen LogP contribution in [0.3, 0.4) is 0 Å². The second-order valence-electron chi connectivity index (χ2n) is 12.3. The van der Waals surface area contributed by atoms with Gasteiger partial charge >= 0.3 is 11.4 Å². The number of halogens is 1. The number of likely N-dealkylation sites (tertiary alicyclic amines) is 1. The molecule has 1 saturated heterocycles. The Balaban J connectivity index is 1.53. The lowest BCUT2D eigenvalue weighted by Crippen LogP contribution is -2.57. The summed E-state index contributed by atoms with van der Waals surface area (Å²) in [5.74, 6) is -1.86. The van der Waals surface area contributed by atoms with Gasteiger partial charge in [0.05, 0.1) is 22.6 Å². The van der Waals surface area contributed by atoms with Crippen molar-refractivity contribution < 1.29 is 28.6 Å². The van der Waals surface area contributed by atoms with Gasteiger partial charge in [0.15, 0.2) is 6.17 Å². The number of thiazole rings is 1. The van der Waals surface area contributed by atoms with E-state index in [2.05, 4.69) is 20.5 Å². The first-order valence-electron chi connectivity index (χ1n) is 14.0. The van der Waals surface area contributed by atoms with Crippen LogP contribution in [-0.4, -0.2) is 74.8 Å². The Bertz CT molecular complexity index is 1390. The number of β-amino-alcohol motifs (C(OH)–C–C–N with tert-alkyl or cyclic N) is 1. The Morgan fingerprint density at radius 1 is 1.31 bits per heavy atom. The van der Waals surface area contributed by atoms with E-state index < -0.39 is 65.7 Å². The highest BCUT2D eigenvalue weighted by Gasteiger charge is 2.59. The van der Waals surface area contributed by atoms with Gasteiger partial charge in [-0.05, 0) is 45.2 Å². The molecule has 3 amide bonds. The largest absolute Gasteiger partial charge is 0.488 e. The Labute approximate surface area is 249 Å². The Kier molecular flexibility index (Phi) is 8.94. The first-order valence-corrected chi connectivity index (χ1v) is 14.9. The Morgan fingerprint density at radius 3 is 2.55 bits per heavy atom. The minimum atomic E-state index is -2.02. The number of aliphatic hydroxyl groups excluding tert-OH is 1. The fourth-order valence-electron chi connectivity index (χ4n) is 4.92. The standard InChI is InChI=1S/C30H38FN5O5S/c1-16(2)23(35-28(40)30(32-7)10-11-30)27(39)36-14-20(37)22(31)24(36)26(38)33-13-19-9-8-18(25-17(3)34-15-42-25)12-21(19)41-29(4,5)6/h8-9,12,15-16,20,22-24,37H,10-11,13-14H2,1-6H3,(H,33,38)(H,35,40)/t20-,22-,23-,24-/m0/s1. The third-order valence-corrected chi connectivity index (χ3v) is 8.44. The van der Waals surface area contributed by atoms with Crippen LogP contribution in [0.4, 0.5) is 4.39 Å². The number of hydrogen-bond acceptors (Lipinski definition) is 7. The minimum Gasteiger partial charge on any atom is -0.488 e. The molecular weight excluding hydrogens is 561 g/mol. The summed E-state index contributed by atoms with van der Waals surface area (Å²) >= 11 is 1.51. The van der Waals surface area contributed by atoms with Crippen LogP contribution in [0.2, 0.25) is 0 Å². The summed E-state index contributed by atoms with van der Waals surface area (Å²) in [6.45, 7) is 18.0. The third kappa shape index (κ3) is 6.57. The van der Waals surface area contributed by atoms with Crippen LogP contribution in [0.5, 0.6) is 5.75 Å². The van der Waals surface area contributed by atoms with E-state index in [0.717, 1.165) is 21.0 Å². The monoisotopic (exact) mass is 599 g/mol. The average Bonchev–Trinajstić information content (AvgIpc) is 3.52. The molecule has 10 nitrogen and oxygen atoms in total. The van der Waals surface area contributed by atoms with Gasteiger partial charge in [0.1, 0.15) is 29.5 Å². The number of carbonyl (C=O) groups is 3. The molecule has 0 unspecified atom stereocenters. The first kappa shape index (κ1) is 31.4. The molecule has 42 heavy (non-hydrogen) atoms. The molecule has 3 N–H and O–H groups in total. The maximum atomic E-state index is 15.2. The lowest BCUT2D eigenvalue weighted by molar-refractivity contribution is -0.143. The van der Waals surface area contributed by atoms with Crippen molar-refractivity contribution in [2.75, 3.05) is 6.54 Å². The van der Waals surface area contributed by atoms with Gasteiger partial charge in [-0.1, -0.05) is 26.0 Å². The van der Waals surface area contributed by atoms with E-state index in [1.165, 1.54) is 11.3 Å². The summed E-state index contributed by atoms with van der Waals surface area (Å²) in [6.07, 6.45) is -2.76. The smallest absolute Gasteiger partial charge is 0.309 e. The van der Waals surface area contributed by atoms with E-state index in [9.17, 15) is 19.5 Å². The zero-order chi connectivity index (χ0) is 31.0. The zero-order valence-electron chi connectivity index (χ0n) is 24.7. The predicted molar refractivity (Wildman–Crippen MR) is 156 cm³/mol. The lowest BCUT2D eigenvalue weighted by Gasteiger charge is -2.30. The summed E-state index contributed by atoms with van der Waals surface area (Å²) in [5.41, 5.74) is 2.51. The summed E-state index contributed by atoms with van der Waals surface area (Å²) < 4.78 is 21.4. The summed E-state index contributed by atoms with van der Waals surface area (Å²) in [4.78, 5) is 49.4. The molecule has 2 heterocycles. The number of hydrogen-bond donors (Lipinski definition) is 3. The minimum absolute atomic E-state index is 0.00852. The summed E-state index contributed by atoms with van der Waals surface area (Å²) in [6, 6.07) is 2.93. The van der Waals surface area contributed by atoms with Crippen molar-refractivity contribution in [1.82, 2.24) is 20.5 Å². The molecule has 0 spiro atoms. The van der Waals surface area contributed by atoms with Crippen LogP contribution in [0, 0.1) is 19.4 Å². The molecule has 1 saturated carbocycles. The summed E-state index contributed by atoms with van der Waals surface area (Å²) in [7, 11) is 0. The molecular formula is C30H38FN5O5S. The van der Waals surface area contributed by atoms with Crippen molar-refractivity contribution >= 4 is 29.1 Å². The van der Waals surface area contributed by atoms with E-state index in [-0.39, 0.29) is 6.54 Å². The highest BCUT2D eigenvalue weighted by molar-refractivity contribution is 7.13. The van der Waals surface area contributed by atoms with Crippen molar-refractivity contribution in [3.8, 4) is 16.2 Å². The number of carbonyl (C=O) groups excluding carboxylic acids is 3. The topological polar surface area (TPSA) is 125 Å². The molecule has 2 aromatic rings. The van der Waals surface area contributed by atoms with Gasteiger partial charge in [-0.15, -0.1) is 11.3 Å². The normalized spacial score (nSPS) is 21.9. The molecule has 0 radical (unpaired) electrons. The maximum Gasteiger partial charge on any atom is 0.309 e. The van der Waals surface area contributed by atoms with Gasteiger partial charge in [-0.3, -0.25) is 19.2 Å². The number of rotatable bonds is 9. The fraction of sp³-hybridized carbons (Fsp3) is 0.567. The number of ether oxygens (including phenoxy) is 1. The van der Waals surface area contributed by atoms with Gasteiger partial charge < -0.3 is 25.4 Å². The molecule has 12 heteroatoms. The van der Waals surface area contributed by atoms with Gasteiger partial charge in [0.25, 0.3) is 0 Å². The molecule has 1 aliphatic carbocycles. The molecule has 1 aliphatic heterocycles. The van der Waals surface area contributed by atoms with Crippen LogP contribution in [0.1, 0.15) is 58.7 Å². The number of aryl methyl sites for hydroxylation is 1. The fourth-order valence-corrected chi connectivity index (χ4v) is 5.72. The van der Waals surface area contributed by atoms with E-state index in [1.807, 2.05) is 45.9 Å². The van der Waals surface area contributed by atoms with Crippen molar-refractivity contribution in [2.24, 2.45) is 5.92 Å². The van der Waals surface area contributed by atoms with Crippen molar-refractivity contribution in [3.63, 3.8) is 0 Å². The Morgan fingerprint density at radius 2 is 2.00 bits per heavy atom. The van der Waals surface area contributed by atoms with Gasteiger partial charge in [-0.2, -0.15) is 0 Å². The zero-order valence-corrected chi connectivity index (χ0v) is 25.5. The number of aromatic nitrogens is 1. The van der Waals surface area contributed by atoms with Gasteiger partial charge in [0.2, 0.25) is 11.8 Å². The van der Waals surface area contributed by atoms with Crippen LogP contribution >= 0.6 is 11.3 Å². The number of nitrogens with one attached hydrogen (secondary N) is 2. The van der Waals surface area contributed by atoms with Gasteiger partial charge in [0, 0.05) is 24.9 Å². The van der Waals surface area contributed by atoms with Crippen LogP contribution in [-0.2, 0) is 20.9 Å². The molecule has 1 aromatic carbocycles. The van der Waals surface area contributed by atoms with Crippen molar-refractivity contribution in [2.45, 2.75) is 96.4 Å². The van der Waals surface area contributed by atoms with E-state index >= 15 is 4.39 Å². The first-order chi connectivity index (χ1) is 19.7. The van der Waals surface area contributed by atoms with Crippen molar-refractivity contribution in [3.05, 3.63) is 46.4 Å². The van der Waals surface area contributed by atoms with Gasteiger partial charge in [-0.25, -0.2) is 15.9 Å². The van der Waals surface area contributed by atoms with E-state index in [0.29, 0.717) is 24.2 Å². The number of amides is 3. The molecule has 2 fully saturated rings. The quantitative estimate of drug-likeness (QED) is 0.380. The highest BCUT2D eigenvalue weighted by atomic mass is 32.1. The molecule has 4 atom stereocenters. The maximum absolute atomic E-state index is 15.2. The number of nitrogens with zero attached hydrogens (tertiary/aromatic N) is 3. The molecule has 4 rings (SSSR count). The average molecular weight is 600 g/mol. The van der Waals surface area contributed by atoms with Crippen LogP contribution in [0.15, 0.2) is 23.7 Å². The van der Waals surface area contributed by atoms with E-state index in [4.69, 9.17) is 11.3 Å². The molecule has 2 aliphatic rings. The third-order valence-electron chi connectivity index (χ3n) is 7.46. The van der Waals surface area contributed by atoms with E-state index in [1.54, 1.807) is 19.4 Å². The number of aliphatic hydroxyl groups is 1.